The van der Waals surface area contributed by atoms with Crippen molar-refractivity contribution >= 4 is 17.2 Å². The zero-order valence-electron chi connectivity index (χ0n) is 13.1. The molecule has 22 heavy (non-hydrogen) atoms. The van der Waals surface area contributed by atoms with Gasteiger partial charge in [0, 0.05) is 38.4 Å². The van der Waals surface area contributed by atoms with E-state index in [4.69, 9.17) is 0 Å². The topological polar surface area (TPSA) is 52.2 Å². The average Bonchev–Trinajstić information content (AvgIpc) is 3.17. The second-order valence-corrected chi connectivity index (χ2v) is 6.72. The van der Waals surface area contributed by atoms with Crippen LogP contribution in [0.4, 0.5) is 0 Å². The van der Waals surface area contributed by atoms with Crippen molar-refractivity contribution in [3.8, 4) is 0 Å². The molecule has 0 aromatic carbocycles. The first-order valence-electron chi connectivity index (χ1n) is 7.70. The van der Waals surface area contributed by atoms with Crippen molar-refractivity contribution in [2.75, 3.05) is 32.7 Å². The standard InChI is InChI=1S/C16H22N4OS/c1-12-14(13(2)18-17-12)5-6-19-7-9-20(10-8-19)16(21)15-4-3-11-22-15/h3-4,11H,5-10H2,1-2H3,(H,17,18). The molecule has 0 aliphatic carbocycles. The quantitative estimate of drug-likeness (QED) is 0.939. The second kappa shape index (κ2) is 6.62. The normalized spacial score (nSPS) is 16.2. The molecule has 0 bridgehead atoms. The molecule has 118 valence electrons. The van der Waals surface area contributed by atoms with Crippen molar-refractivity contribution in [2.24, 2.45) is 0 Å². The molecule has 1 fully saturated rings. The summed E-state index contributed by atoms with van der Waals surface area (Å²) in [6, 6.07) is 3.84. The average molecular weight is 318 g/mol. The van der Waals surface area contributed by atoms with Crippen LogP contribution < -0.4 is 0 Å². The summed E-state index contributed by atoms with van der Waals surface area (Å²) >= 11 is 1.52. The zero-order valence-corrected chi connectivity index (χ0v) is 13.9. The van der Waals surface area contributed by atoms with E-state index in [0.717, 1.165) is 49.7 Å². The Morgan fingerprint density at radius 2 is 2.09 bits per heavy atom. The van der Waals surface area contributed by atoms with Gasteiger partial charge in [-0.05, 0) is 37.3 Å². The van der Waals surface area contributed by atoms with Crippen LogP contribution in [0.25, 0.3) is 0 Å². The monoisotopic (exact) mass is 318 g/mol. The van der Waals surface area contributed by atoms with Crippen molar-refractivity contribution in [1.82, 2.24) is 20.0 Å². The smallest absolute Gasteiger partial charge is 0.264 e. The predicted molar refractivity (Wildman–Crippen MR) is 88.4 cm³/mol. The van der Waals surface area contributed by atoms with Crippen LogP contribution >= 0.6 is 11.3 Å². The van der Waals surface area contributed by atoms with Gasteiger partial charge in [-0.1, -0.05) is 6.07 Å². The summed E-state index contributed by atoms with van der Waals surface area (Å²) < 4.78 is 0. The van der Waals surface area contributed by atoms with Gasteiger partial charge in [0.1, 0.15) is 0 Å². The van der Waals surface area contributed by atoms with Crippen LogP contribution in [0, 0.1) is 13.8 Å². The summed E-state index contributed by atoms with van der Waals surface area (Å²) in [7, 11) is 0. The molecule has 3 rings (SSSR count). The number of nitrogens with zero attached hydrogens (tertiary/aromatic N) is 3. The minimum atomic E-state index is 0.177. The molecule has 2 aromatic rings. The Morgan fingerprint density at radius 1 is 1.32 bits per heavy atom. The number of aryl methyl sites for hydroxylation is 2. The number of piperazine rings is 1. The van der Waals surface area contributed by atoms with Crippen LogP contribution in [0.1, 0.15) is 26.6 Å². The second-order valence-electron chi connectivity index (χ2n) is 5.77. The lowest BCUT2D eigenvalue weighted by molar-refractivity contribution is 0.0643. The molecular weight excluding hydrogens is 296 g/mol. The van der Waals surface area contributed by atoms with Gasteiger partial charge in [0.25, 0.3) is 5.91 Å². The number of hydrogen-bond donors (Lipinski definition) is 1. The van der Waals surface area contributed by atoms with Gasteiger partial charge in [-0.3, -0.25) is 14.8 Å². The molecule has 0 spiro atoms. The van der Waals surface area contributed by atoms with Crippen LogP contribution in [0.3, 0.4) is 0 Å². The van der Waals surface area contributed by atoms with E-state index in [1.165, 1.54) is 22.6 Å². The maximum atomic E-state index is 12.3. The van der Waals surface area contributed by atoms with Gasteiger partial charge < -0.3 is 4.90 Å². The van der Waals surface area contributed by atoms with Crippen molar-refractivity contribution in [1.29, 1.82) is 0 Å². The number of aromatic nitrogens is 2. The molecule has 1 saturated heterocycles. The molecule has 5 nitrogen and oxygen atoms in total. The molecule has 0 radical (unpaired) electrons. The fourth-order valence-corrected chi connectivity index (χ4v) is 3.63. The van der Waals surface area contributed by atoms with Crippen LogP contribution in [0.15, 0.2) is 17.5 Å². The number of H-pyrrole nitrogens is 1. The Morgan fingerprint density at radius 3 is 2.68 bits per heavy atom. The number of amides is 1. The first-order valence-corrected chi connectivity index (χ1v) is 8.58. The molecule has 1 N–H and O–H groups in total. The molecular formula is C16H22N4OS. The zero-order chi connectivity index (χ0) is 15.5. The molecule has 0 saturated carbocycles. The maximum Gasteiger partial charge on any atom is 0.264 e. The fraction of sp³-hybridized carbons (Fsp3) is 0.500. The van der Waals surface area contributed by atoms with Crippen LogP contribution in [0.5, 0.6) is 0 Å². The summed E-state index contributed by atoms with van der Waals surface area (Å²) in [6.07, 6.45) is 1.02. The third kappa shape index (κ3) is 3.23. The lowest BCUT2D eigenvalue weighted by atomic mass is 10.1. The van der Waals surface area contributed by atoms with E-state index in [1.807, 2.05) is 22.4 Å². The molecule has 1 aliphatic heterocycles. The highest BCUT2D eigenvalue weighted by Crippen LogP contribution is 2.15. The van der Waals surface area contributed by atoms with E-state index in [9.17, 15) is 4.79 Å². The number of carbonyl (C=O) groups is 1. The van der Waals surface area contributed by atoms with Crippen molar-refractivity contribution < 1.29 is 4.79 Å². The molecule has 1 aliphatic rings. The first kappa shape index (κ1) is 15.2. The third-order valence-electron chi connectivity index (χ3n) is 4.35. The lowest BCUT2D eigenvalue weighted by Crippen LogP contribution is -2.49. The van der Waals surface area contributed by atoms with E-state index >= 15 is 0 Å². The van der Waals surface area contributed by atoms with Gasteiger partial charge in [-0.2, -0.15) is 5.10 Å². The largest absolute Gasteiger partial charge is 0.335 e. The summed E-state index contributed by atoms with van der Waals surface area (Å²) in [5, 5.41) is 9.25. The van der Waals surface area contributed by atoms with E-state index in [1.54, 1.807) is 0 Å². The summed E-state index contributed by atoms with van der Waals surface area (Å²) in [4.78, 5) is 17.6. The number of aromatic amines is 1. The first-order chi connectivity index (χ1) is 10.6. The van der Waals surface area contributed by atoms with Crippen LogP contribution in [-0.2, 0) is 6.42 Å². The SMILES string of the molecule is Cc1n[nH]c(C)c1CCN1CCN(C(=O)c2cccs2)CC1. The highest BCUT2D eigenvalue weighted by Gasteiger charge is 2.22. The van der Waals surface area contributed by atoms with Crippen LogP contribution in [-0.4, -0.2) is 58.6 Å². The van der Waals surface area contributed by atoms with Gasteiger partial charge in [0.15, 0.2) is 0 Å². The third-order valence-corrected chi connectivity index (χ3v) is 5.21. The summed E-state index contributed by atoms with van der Waals surface area (Å²) in [5.41, 5.74) is 3.60. The number of nitrogens with one attached hydrogen (secondary N) is 1. The van der Waals surface area contributed by atoms with Crippen molar-refractivity contribution in [3.63, 3.8) is 0 Å². The summed E-state index contributed by atoms with van der Waals surface area (Å²) in [5.74, 6) is 0.177. The van der Waals surface area contributed by atoms with Gasteiger partial charge in [-0.15, -0.1) is 11.3 Å². The highest BCUT2D eigenvalue weighted by molar-refractivity contribution is 7.12. The van der Waals surface area contributed by atoms with E-state index in [0.29, 0.717) is 0 Å². The van der Waals surface area contributed by atoms with Gasteiger partial charge in [-0.25, -0.2) is 0 Å². The molecule has 6 heteroatoms. The Bertz CT molecular complexity index is 607. The Hall–Kier alpha value is -1.66. The molecule has 3 heterocycles. The number of hydrogen-bond acceptors (Lipinski definition) is 4. The Balaban J connectivity index is 1.49. The number of rotatable bonds is 4. The van der Waals surface area contributed by atoms with Gasteiger partial charge in [0.2, 0.25) is 0 Å². The predicted octanol–water partition coefficient (Wildman–Crippen LogP) is 2.09. The Kier molecular flexibility index (Phi) is 4.59. The number of carbonyl (C=O) groups excluding carboxylic acids is 1. The molecule has 0 atom stereocenters. The van der Waals surface area contributed by atoms with Crippen LogP contribution in [0.2, 0.25) is 0 Å². The molecule has 2 aromatic heterocycles. The summed E-state index contributed by atoms with van der Waals surface area (Å²) in [6.45, 7) is 8.70. The lowest BCUT2D eigenvalue weighted by Gasteiger charge is -2.34. The minimum Gasteiger partial charge on any atom is -0.335 e. The van der Waals surface area contributed by atoms with Crippen molar-refractivity contribution in [3.05, 3.63) is 39.3 Å². The fourth-order valence-electron chi connectivity index (χ4n) is 2.94. The molecule has 1 amide bonds. The van der Waals surface area contributed by atoms with Crippen molar-refractivity contribution in [2.45, 2.75) is 20.3 Å². The van der Waals surface area contributed by atoms with Gasteiger partial charge >= 0.3 is 0 Å². The number of thiophene rings is 1. The van der Waals surface area contributed by atoms with E-state index in [2.05, 4.69) is 28.9 Å². The van der Waals surface area contributed by atoms with E-state index in [-0.39, 0.29) is 5.91 Å². The van der Waals surface area contributed by atoms with Gasteiger partial charge in [0.05, 0.1) is 10.6 Å². The minimum absolute atomic E-state index is 0.177. The molecule has 0 unspecified atom stereocenters. The Labute approximate surface area is 134 Å². The van der Waals surface area contributed by atoms with E-state index < -0.39 is 0 Å². The maximum absolute atomic E-state index is 12.3. The highest BCUT2D eigenvalue weighted by atomic mass is 32.1.